The lowest BCUT2D eigenvalue weighted by molar-refractivity contribution is -0.117. The number of sulfone groups is 1. The van der Waals surface area contributed by atoms with Gasteiger partial charge in [-0.25, -0.2) is 8.42 Å². The Morgan fingerprint density at radius 2 is 1.90 bits per heavy atom. The van der Waals surface area contributed by atoms with Gasteiger partial charge in [0.1, 0.15) is 0 Å². The highest BCUT2D eigenvalue weighted by Crippen LogP contribution is 2.23. The van der Waals surface area contributed by atoms with Crippen molar-refractivity contribution in [2.45, 2.75) is 38.6 Å². The highest BCUT2D eigenvalue weighted by atomic mass is 32.2. The first-order valence-corrected chi connectivity index (χ1v) is 12.3. The molecule has 0 spiro atoms. The summed E-state index contributed by atoms with van der Waals surface area (Å²) in [4.78, 5) is 17.6. The standard InChI is InChI=1S/C22H26N2O4S2/c1-4-28-12-11-24-19-15-16(2)14-17(3)21(19)29-22(24)23-20(25)10-13-30(26,27)18-8-6-5-7-9-18/h5-9,14-15H,4,10-13H2,1-3H3. The van der Waals surface area contributed by atoms with Gasteiger partial charge in [0.2, 0.25) is 5.91 Å². The van der Waals surface area contributed by atoms with Gasteiger partial charge in [-0.2, -0.15) is 4.99 Å². The summed E-state index contributed by atoms with van der Waals surface area (Å²) < 4.78 is 33.4. The van der Waals surface area contributed by atoms with Crippen LogP contribution in [-0.4, -0.2) is 37.9 Å². The lowest BCUT2D eigenvalue weighted by Gasteiger charge is -2.07. The van der Waals surface area contributed by atoms with Crippen LogP contribution in [0, 0.1) is 13.8 Å². The van der Waals surface area contributed by atoms with Crippen LogP contribution in [0.2, 0.25) is 0 Å². The summed E-state index contributed by atoms with van der Waals surface area (Å²) in [5.74, 6) is -0.706. The maximum absolute atomic E-state index is 12.5. The smallest absolute Gasteiger partial charge is 0.249 e. The Morgan fingerprint density at radius 1 is 1.17 bits per heavy atom. The Labute approximate surface area is 180 Å². The van der Waals surface area contributed by atoms with Crippen LogP contribution in [0.1, 0.15) is 24.5 Å². The van der Waals surface area contributed by atoms with Crippen molar-refractivity contribution in [1.29, 1.82) is 0 Å². The third-order valence-electron chi connectivity index (χ3n) is 4.69. The molecule has 1 amide bonds. The van der Waals surface area contributed by atoms with Crippen LogP contribution < -0.4 is 4.80 Å². The molecule has 0 N–H and O–H groups in total. The third-order valence-corrected chi connectivity index (χ3v) is 7.65. The molecule has 0 saturated carbocycles. The molecule has 6 nitrogen and oxygen atoms in total. The fraction of sp³-hybridized carbons (Fsp3) is 0.364. The Hall–Kier alpha value is -2.29. The first kappa shape index (κ1) is 22.4. The summed E-state index contributed by atoms with van der Waals surface area (Å²) in [5, 5.41) is 0. The molecule has 2 aromatic carbocycles. The maximum Gasteiger partial charge on any atom is 0.249 e. The van der Waals surface area contributed by atoms with Gasteiger partial charge in [0.15, 0.2) is 14.6 Å². The molecule has 3 rings (SSSR count). The van der Waals surface area contributed by atoms with Crippen LogP contribution in [0.15, 0.2) is 52.4 Å². The molecule has 0 aliphatic rings. The number of thiazole rings is 1. The van der Waals surface area contributed by atoms with E-state index in [9.17, 15) is 13.2 Å². The second-order valence-electron chi connectivity index (χ2n) is 7.05. The molecule has 1 aromatic heterocycles. The van der Waals surface area contributed by atoms with Crippen LogP contribution in [0.5, 0.6) is 0 Å². The summed E-state index contributed by atoms with van der Waals surface area (Å²) in [6.07, 6.45) is -0.158. The zero-order valence-electron chi connectivity index (χ0n) is 17.4. The van der Waals surface area contributed by atoms with Gasteiger partial charge < -0.3 is 9.30 Å². The van der Waals surface area contributed by atoms with E-state index in [0.29, 0.717) is 24.6 Å². The summed E-state index contributed by atoms with van der Waals surface area (Å²) in [6, 6.07) is 12.3. The van der Waals surface area contributed by atoms with Crippen LogP contribution >= 0.6 is 11.3 Å². The SMILES string of the molecule is CCOCCn1c(=NC(=O)CCS(=O)(=O)c2ccccc2)sc2c(C)cc(C)cc21. The minimum Gasteiger partial charge on any atom is -0.380 e. The van der Waals surface area contributed by atoms with E-state index in [1.54, 1.807) is 18.2 Å². The molecule has 8 heteroatoms. The molecule has 1 heterocycles. The quantitative estimate of drug-likeness (QED) is 0.495. The summed E-state index contributed by atoms with van der Waals surface area (Å²) in [7, 11) is -3.52. The zero-order chi connectivity index (χ0) is 21.7. The number of hydrogen-bond acceptors (Lipinski definition) is 5. The van der Waals surface area contributed by atoms with Crippen LogP contribution in [0.3, 0.4) is 0 Å². The van der Waals surface area contributed by atoms with Gasteiger partial charge in [0, 0.05) is 19.6 Å². The van der Waals surface area contributed by atoms with Gasteiger partial charge in [-0.15, -0.1) is 0 Å². The van der Waals surface area contributed by atoms with E-state index in [1.807, 2.05) is 25.3 Å². The molecular weight excluding hydrogens is 420 g/mol. The van der Waals surface area contributed by atoms with Crippen molar-refractivity contribution in [3.8, 4) is 0 Å². The number of ether oxygens (including phenoxy) is 1. The lowest BCUT2D eigenvalue weighted by atomic mass is 10.1. The minimum atomic E-state index is -3.52. The molecule has 0 radical (unpaired) electrons. The number of fused-ring (bicyclic) bond motifs is 1. The Morgan fingerprint density at radius 3 is 2.60 bits per heavy atom. The van der Waals surface area contributed by atoms with Crippen LogP contribution in [-0.2, 0) is 25.9 Å². The molecular formula is C22H26N2O4S2. The topological polar surface area (TPSA) is 77.7 Å². The average molecular weight is 447 g/mol. The lowest BCUT2D eigenvalue weighted by Crippen LogP contribution is -2.20. The van der Waals surface area contributed by atoms with E-state index >= 15 is 0 Å². The molecule has 0 saturated heterocycles. The van der Waals surface area contributed by atoms with Crippen molar-refractivity contribution in [3.63, 3.8) is 0 Å². The number of benzene rings is 2. The molecule has 30 heavy (non-hydrogen) atoms. The number of aryl methyl sites for hydroxylation is 2. The molecule has 0 aliphatic carbocycles. The molecule has 0 aliphatic heterocycles. The highest BCUT2D eigenvalue weighted by Gasteiger charge is 2.16. The van der Waals surface area contributed by atoms with Crippen LogP contribution in [0.4, 0.5) is 0 Å². The second kappa shape index (κ2) is 9.68. The number of rotatable bonds is 8. The molecule has 0 bridgehead atoms. The monoisotopic (exact) mass is 446 g/mol. The van der Waals surface area contributed by atoms with Gasteiger partial charge in [-0.3, -0.25) is 4.79 Å². The molecule has 3 aromatic rings. The van der Waals surface area contributed by atoms with Crippen molar-refractivity contribution in [2.24, 2.45) is 4.99 Å². The van der Waals surface area contributed by atoms with Crippen LogP contribution in [0.25, 0.3) is 10.2 Å². The number of aromatic nitrogens is 1. The molecule has 0 atom stereocenters. The molecule has 160 valence electrons. The van der Waals surface area contributed by atoms with E-state index in [-0.39, 0.29) is 17.1 Å². The van der Waals surface area contributed by atoms with Crippen molar-refractivity contribution in [2.75, 3.05) is 19.0 Å². The van der Waals surface area contributed by atoms with E-state index in [2.05, 4.69) is 17.1 Å². The number of amides is 1. The number of carbonyl (C=O) groups is 1. The Balaban J connectivity index is 1.89. The fourth-order valence-electron chi connectivity index (χ4n) is 3.24. The summed E-state index contributed by atoms with van der Waals surface area (Å²) >= 11 is 1.45. The maximum atomic E-state index is 12.5. The van der Waals surface area contributed by atoms with E-state index < -0.39 is 15.7 Å². The Bertz CT molecular complexity index is 1210. The van der Waals surface area contributed by atoms with Gasteiger partial charge in [0.05, 0.1) is 27.5 Å². The summed E-state index contributed by atoms with van der Waals surface area (Å²) in [5.41, 5.74) is 3.27. The fourth-order valence-corrected chi connectivity index (χ4v) is 5.62. The first-order chi connectivity index (χ1) is 14.3. The number of carbonyl (C=O) groups excluding carboxylic acids is 1. The average Bonchev–Trinajstić information content (AvgIpc) is 3.05. The molecule has 0 fully saturated rings. The number of nitrogens with zero attached hydrogens (tertiary/aromatic N) is 2. The van der Waals surface area contributed by atoms with E-state index in [1.165, 1.54) is 23.5 Å². The predicted octanol–water partition coefficient (Wildman–Crippen LogP) is 3.65. The second-order valence-corrected chi connectivity index (χ2v) is 10.1. The minimum absolute atomic E-state index is 0.158. The van der Waals surface area contributed by atoms with Gasteiger partial charge in [0.25, 0.3) is 0 Å². The largest absolute Gasteiger partial charge is 0.380 e. The third kappa shape index (κ3) is 5.24. The summed E-state index contributed by atoms with van der Waals surface area (Å²) in [6.45, 7) is 7.71. The highest BCUT2D eigenvalue weighted by molar-refractivity contribution is 7.91. The number of hydrogen-bond donors (Lipinski definition) is 0. The normalized spacial score (nSPS) is 12.6. The van der Waals surface area contributed by atoms with E-state index in [0.717, 1.165) is 21.3 Å². The predicted molar refractivity (Wildman–Crippen MR) is 119 cm³/mol. The van der Waals surface area contributed by atoms with Gasteiger partial charge >= 0.3 is 0 Å². The van der Waals surface area contributed by atoms with Crippen molar-refractivity contribution in [1.82, 2.24) is 4.57 Å². The van der Waals surface area contributed by atoms with Crippen molar-refractivity contribution < 1.29 is 17.9 Å². The van der Waals surface area contributed by atoms with Crippen molar-refractivity contribution >= 4 is 37.3 Å². The molecule has 0 unspecified atom stereocenters. The van der Waals surface area contributed by atoms with Crippen molar-refractivity contribution in [3.05, 3.63) is 58.4 Å². The Kier molecular flexibility index (Phi) is 7.23. The van der Waals surface area contributed by atoms with E-state index in [4.69, 9.17) is 4.74 Å². The van der Waals surface area contributed by atoms with Gasteiger partial charge in [-0.1, -0.05) is 35.6 Å². The zero-order valence-corrected chi connectivity index (χ0v) is 19.1. The van der Waals surface area contributed by atoms with Gasteiger partial charge in [-0.05, 0) is 50.1 Å². The first-order valence-electron chi connectivity index (χ1n) is 9.85.